The average Bonchev–Trinajstić information content (AvgIpc) is 2.50. The van der Waals surface area contributed by atoms with Gasteiger partial charge in [0.2, 0.25) is 5.91 Å². The topological polar surface area (TPSA) is 61.8 Å². The number of nitrogens with zero attached hydrogens (tertiary/aromatic N) is 2. The molecule has 5 heteroatoms. The first-order chi connectivity index (χ1) is 10.1. The van der Waals surface area contributed by atoms with Crippen molar-refractivity contribution in [1.82, 2.24) is 10.3 Å². The van der Waals surface area contributed by atoms with Crippen LogP contribution in [0.5, 0.6) is 0 Å². The van der Waals surface area contributed by atoms with E-state index in [1.165, 1.54) is 10.6 Å². The van der Waals surface area contributed by atoms with E-state index < -0.39 is 0 Å². The van der Waals surface area contributed by atoms with Crippen molar-refractivity contribution in [3.63, 3.8) is 0 Å². The lowest BCUT2D eigenvalue weighted by Crippen LogP contribution is -2.38. The van der Waals surface area contributed by atoms with E-state index in [2.05, 4.69) is 29.5 Å². The van der Waals surface area contributed by atoms with E-state index in [0.717, 1.165) is 6.42 Å². The van der Waals surface area contributed by atoms with Crippen LogP contribution < -0.4 is 5.32 Å². The molecule has 0 saturated carbocycles. The molecule has 0 saturated heterocycles. The summed E-state index contributed by atoms with van der Waals surface area (Å²) in [6.45, 7) is 2.75. The number of hydrogen-bond acceptors (Lipinski definition) is 3. The van der Waals surface area contributed by atoms with Gasteiger partial charge in [-0.15, -0.1) is 0 Å². The molecule has 112 valence electrons. The molecule has 1 atom stereocenters. The molecule has 1 aromatic carbocycles. The van der Waals surface area contributed by atoms with E-state index >= 15 is 0 Å². The summed E-state index contributed by atoms with van der Waals surface area (Å²) in [4.78, 5) is 23.3. The maximum absolute atomic E-state index is 12.0. The zero-order valence-electron chi connectivity index (χ0n) is 12.5. The van der Waals surface area contributed by atoms with Crippen LogP contribution in [0.25, 0.3) is 0 Å². The Morgan fingerprint density at radius 2 is 2.05 bits per heavy atom. The number of carbonyl (C=O) groups excluding carboxylic acids is 2. The number of nitrogens with one attached hydrogen (secondary N) is 1. The molecule has 0 fully saturated rings. The second kappa shape index (κ2) is 7.02. The smallest absolute Gasteiger partial charge is 0.267 e. The third-order valence-corrected chi connectivity index (χ3v) is 3.70. The van der Waals surface area contributed by atoms with Crippen LogP contribution in [0.1, 0.15) is 37.7 Å². The van der Waals surface area contributed by atoms with Gasteiger partial charge in [0.25, 0.3) is 5.91 Å². The molecule has 21 heavy (non-hydrogen) atoms. The van der Waals surface area contributed by atoms with Crippen LogP contribution >= 0.6 is 0 Å². The number of rotatable bonds is 5. The maximum atomic E-state index is 12.0. The Bertz CT molecular complexity index is 540. The minimum atomic E-state index is -0.172. The van der Waals surface area contributed by atoms with Crippen molar-refractivity contribution in [3.8, 4) is 0 Å². The third-order valence-electron chi connectivity index (χ3n) is 3.70. The summed E-state index contributed by atoms with van der Waals surface area (Å²) in [5.41, 5.74) is 1.71. The van der Waals surface area contributed by atoms with Crippen molar-refractivity contribution in [3.05, 3.63) is 35.9 Å². The van der Waals surface area contributed by atoms with Gasteiger partial charge in [-0.05, 0) is 17.9 Å². The van der Waals surface area contributed by atoms with Crippen molar-refractivity contribution in [2.24, 2.45) is 5.10 Å². The molecule has 0 radical (unpaired) electrons. The minimum Gasteiger partial charge on any atom is -0.351 e. The first-order valence-corrected chi connectivity index (χ1v) is 7.25. The Labute approximate surface area is 125 Å². The van der Waals surface area contributed by atoms with Gasteiger partial charge < -0.3 is 5.32 Å². The lowest BCUT2D eigenvalue weighted by molar-refractivity contribution is -0.130. The van der Waals surface area contributed by atoms with Crippen LogP contribution in [-0.2, 0) is 9.59 Å². The van der Waals surface area contributed by atoms with E-state index in [1.54, 1.807) is 7.05 Å². The summed E-state index contributed by atoms with van der Waals surface area (Å²) >= 11 is 0. The lowest BCUT2D eigenvalue weighted by Gasteiger charge is -2.19. The third kappa shape index (κ3) is 4.15. The van der Waals surface area contributed by atoms with E-state index in [0.29, 0.717) is 31.0 Å². The molecule has 2 rings (SSSR count). The first-order valence-electron chi connectivity index (χ1n) is 7.25. The van der Waals surface area contributed by atoms with Crippen LogP contribution in [0, 0.1) is 0 Å². The van der Waals surface area contributed by atoms with Gasteiger partial charge in [0.15, 0.2) is 0 Å². The number of carbonyl (C=O) groups is 2. The molecule has 1 unspecified atom stereocenters. The highest BCUT2D eigenvalue weighted by molar-refractivity contribution is 6.39. The Morgan fingerprint density at radius 3 is 2.71 bits per heavy atom. The van der Waals surface area contributed by atoms with Gasteiger partial charge in [-0.3, -0.25) is 9.59 Å². The van der Waals surface area contributed by atoms with Crippen molar-refractivity contribution < 1.29 is 9.59 Å². The summed E-state index contributed by atoms with van der Waals surface area (Å²) in [5, 5.41) is 8.13. The van der Waals surface area contributed by atoms with Gasteiger partial charge in [0, 0.05) is 26.4 Å². The standard InChI is InChI=1S/C16H21N3O2/c1-12(13-6-4-3-5-7-13)10-11-17-16(21)14-8-9-15(20)19(2)18-14/h3-7,12H,8-11H2,1-2H3,(H,17,21). The average molecular weight is 287 g/mol. The molecule has 1 aromatic rings. The van der Waals surface area contributed by atoms with E-state index in [1.807, 2.05) is 18.2 Å². The van der Waals surface area contributed by atoms with Crippen LogP contribution in [0.3, 0.4) is 0 Å². The largest absolute Gasteiger partial charge is 0.351 e. The molecule has 0 bridgehead atoms. The molecule has 0 spiro atoms. The Balaban J connectivity index is 1.80. The van der Waals surface area contributed by atoms with Crippen molar-refractivity contribution >= 4 is 17.5 Å². The Hall–Kier alpha value is -2.17. The van der Waals surface area contributed by atoms with E-state index in [4.69, 9.17) is 0 Å². The maximum Gasteiger partial charge on any atom is 0.267 e. The van der Waals surface area contributed by atoms with Crippen LogP contribution in [0.15, 0.2) is 35.4 Å². The van der Waals surface area contributed by atoms with E-state index in [-0.39, 0.29) is 11.8 Å². The second-order valence-corrected chi connectivity index (χ2v) is 5.32. The van der Waals surface area contributed by atoms with Crippen molar-refractivity contribution in [2.75, 3.05) is 13.6 Å². The summed E-state index contributed by atoms with van der Waals surface area (Å²) < 4.78 is 0. The zero-order chi connectivity index (χ0) is 15.2. The number of benzene rings is 1. The Morgan fingerprint density at radius 1 is 1.33 bits per heavy atom. The van der Waals surface area contributed by atoms with Crippen molar-refractivity contribution in [1.29, 1.82) is 0 Å². The van der Waals surface area contributed by atoms with Crippen molar-refractivity contribution in [2.45, 2.75) is 32.1 Å². The predicted octanol–water partition coefficient (Wildman–Crippen LogP) is 1.90. The zero-order valence-corrected chi connectivity index (χ0v) is 12.5. The van der Waals surface area contributed by atoms with Crippen LogP contribution in [-0.4, -0.2) is 36.1 Å². The molecular weight excluding hydrogens is 266 g/mol. The molecule has 1 aliphatic heterocycles. The fourth-order valence-corrected chi connectivity index (χ4v) is 2.29. The van der Waals surface area contributed by atoms with Gasteiger partial charge in [-0.2, -0.15) is 5.10 Å². The lowest BCUT2D eigenvalue weighted by atomic mass is 9.98. The summed E-state index contributed by atoms with van der Waals surface area (Å²) in [6, 6.07) is 10.2. The molecule has 1 N–H and O–H groups in total. The second-order valence-electron chi connectivity index (χ2n) is 5.32. The fraction of sp³-hybridized carbons (Fsp3) is 0.438. The first kappa shape index (κ1) is 15.2. The van der Waals surface area contributed by atoms with Crippen LogP contribution in [0.2, 0.25) is 0 Å². The highest BCUT2D eigenvalue weighted by Crippen LogP contribution is 2.17. The Kier molecular flexibility index (Phi) is 5.09. The molecule has 0 aromatic heterocycles. The number of amides is 2. The SMILES string of the molecule is CC(CCNC(=O)C1=NN(C)C(=O)CC1)c1ccccc1. The summed E-state index contributed by atoms with van der Waals surface area (Å²) in [6.07, 6.45) is 1.64. The fourth-order valence-electron chi connectivity index (χ4n) is 2.29. The number of hydrogen-bond donors (Lipinski definition) is 1. The molecular formula is C16H21N3O2. The monoisotopic (exact) mass is 287 g/mol. The summed E-state index contributed by atoms with van der Waals surface area (Å²) in [5.74, 6) is 0.169. The van der Waals surface area contributed by atoms with E-state index in [9.17, 15) is 9.59 Å². The molecule has 0 aliphatic carbocycles. The number of hydrazone groups is 1. The molecule has 2 amide bonds. The van der Waals surface area contributed by atoms with Crippen LogP contribution in [0.4, 0.5) is 0 Å². The minimum absolute atomic E-state index is 0.0516. The molecule has 1 aliphatic rings. The predicted molar refractivity (Wildman–Crippen MR) is 81.9 cm³/mol. The molecule has 5 nitrogen and oxygen atoms in total. The quantitative estimate of drug-likeness (QED) is 0.899. The van der Waals surface area contributed by atoms with Gasteiger partial charge in [0.1, 0.15) is 5.71 Å². The van der Waals surface area contributed by atoms with Gasteiger partial charge >= 0.3 is 0 Å². The van der Waals surface area contributed by atoms with Gasteiger partial charge in [0.05, 0.1) is 0 Å². The highest BCUT2D eigenvalue weighted by Gasteiger charge is 2.21. The highest BCUT2D eigenvalue weighted by atomic mass is 16.2. The molecule has 1 heterocycles. The van der Waals surface area contributed by atoms with Gasteiger partial charge in [-0.25, -0.2) is 5.01 Å². The van der Waals surface area contributed by atoms with Gasteiger partial charge in [-0.1, -0.05) is 37.3 Å². The normalized spacial score (nSPS) is 16.4. The summed E-state index contributed by atoms with van der Waals surface area (Å²) in [7, 11) is 1.58.